The average Bonchev–Trinajstić information content (AvgIpc) is 2.27. The minimum absolute atomic E-state index is 0.0155. The maximum absolute atomic E-state index is 10.1. The number of hydrogen-bond acceptors (Lipinski definition) is 3. The van der Waals surface area contributed by atoms with E-state index in [1.807, 2.05) is 0 Å². The van der Waals surface area contributed by atoms with Crippen LogP contribution >= 0.6 is 0 Å². The Morgan fingerprint density at radius 2 is 1.82 bits per heavy atom. The van der Waals surface area contributed by atoms with Gasteiger partial charge in [0.05, 0.1) is 6.10 Å². The zero-order valence-electron chi connectivity index (χ0n) is 12.2. The number of likely N-dealkylation sites (tertiary alicyclic amines) is 1. The summed E-state index contributed by atoms with van der Waals surface area (Å²) >= 11 is 0. The molecule has 1 aliphatic heterocycles. The highest BCUT2D eigenvalue weighted by Gasteiger charge is 2.27. The van der Waals surface area contributed by atoms with Crippen molar-refractivity contribution in [2.75, 3.05) is 33.2 Å². The van der Waals surface area contributed by atoms with Gasteiger partial charge in [-0.3, -0.25) is 0 Å². The Labute approximate surface area is 107 Å². The van der Waals surface area contributed by atoms with Crippen molar-refractivity contribution in [3.05, 3.63) is 0 Å². The smallest absolute Gasteiger partial charge is 0.0715 e. The quantitative estimate of drug-likeness (QED) is 0.814. The summed E-state index contributed by atoms with van der Waals surface area (Å²) in [5, 5.41) is 10.1. The molecule has 0 bridgehead atoms. The highest BCUT2D eigenvalue weighted by Crippen LogP contribution is 2.22. The Kier molecular flexibility index (Phi) is 5.42. The Morgan fingerprint density at radius 3 is 2.24 bits per heavy atom. The third kappa shape index (κ3) is 4.57. The van der Waals surface area contributed by atoms with E-state index in [1.165, 1.54) is 32.5 Å². The molecule has 0 amide bonds. The summed E-state index contributed by atoms with van der Waals surface area (Å²) < 4.78 is 0. The van der Waals surface area contributed by atoms with Crippen LogP contribution in [-0.2, 0) is 0 Å². The SMILES string of the molecule is CCN1CCC(N(C)CC(O)C(C)(C)C)CC1. The lowest BCUT2D eigenvalue weighted by Crippen LogP contribution is -2.47. The van der Waals surface area contributed by atoms with Crippen molar-refractivity contribution in [3.63, 3.8) is 0 Å². The van der Waals surface area contributed by atoms with Gasteiger partial charge in [0.1, 0.15) is 0 Å². The fourth-order valence-corrected chi connectivity index (χ4v) is 2.37. The number of aliphatic hydroxyl groups is 1. The van der Waals surface area contributed by atoms with Crippen molar-refractivity contribution in [2.45, 2.75) is 52.7 Å². The summed E-state index contributed by atoms with van der Waals surface area (Å²) in [6.07, 6.45) is 2.24. The molecular weight excluding hydrogens is 212 g/mol. The predicted octanol–water partition coefficient (Wildman–Crippen LogP) is 1.81. The highest BCUT2D eigenvalue weighted by atomic mass is 16.3. The van der Waals surface area contributed by atoms with Gasteiger partial charge < -0.3 is 14.9 Å². The van der Waals surface area contributed by atoms with Crippen molar-refractivity contribution in [3.8, 4) is 0 Å². The average molecular weight is 242 g/mol. The maximum Gasteiger partial charge on any atom is 0.0715 e. The Bertz CT molecular complexity index is 217. The van der Waals surface area contributed by atoms with Crippen molar-refractivity contribution in [1.29, 1.82) is 0 Å². The monoisotopic (exact) mass is 242 g/mol. The molecule has 1 unspecified atom stereocenters. The van der Waals surface area contributed by atoms with E-state index >= 15 is 0 Å². The standard InChI is InChI=1S/C14H30N2O/c1-6-16-9-7-12(8-10-16)15(5)11-13(17)14(2,3)4/h12-13,17H,6-11H2,1-5H3. The van der Waals surface area contributed by atoms with Gasteiger partial charge in [-0.25, -0.2) is 0 Å². The van der Waals surface area contributed by atoms with Crippen LogP contribution in [0.2, 0.25) is 0 Å². The molecule has 0 aromatic heterocycles. The van der Waals surface area contributed by atoms with Gasteiger partial charge in [0.25, 0.3) is 0 Å². The molecule has 1 atom stereocenters. The van der Waals surface area contributed by atoms with Gasteiger partial charge in [-0.1, -0.05) is 27.7 Å². The van der Waals surface area contributed by atoms with Gasteiger partial charge in [0.15, 0.2) is 0 Å². The van der Waals surface area contributed by atoms with Crippen LogP contribution in [0.15, 0.2) is 0 Å². The van der Waals surface area contributed by atoms with Crippen LogP contribution in [0, 0.1) is 5.41 Å². The normalized spacial score (nSPS) is 22.1. The van der Waals surface area contributed by atoms with Crippen LogP contribution in [0.25, 0.3) is 0 Å². The molecule has 1 heterocycles. The fourth-order valence-electron chi connectivity index (χ4n) is 2.37. The first-order chi connectivity index (χ1) is 7.84. The Hall–Kier alpha value is -0.120. The molecule has 102 valence electrons. The molecule has 0 radical (unpaired) electrons. The van der Waals surface area contributed by atoms with Gasteiger partial charge >= 0.3 is 0 Å². The van der Waals surface area contributed by atoms with Gasteiger partial charge in [0.2, 0.25) is 0 Å². The number of piperidine rings is 1. The predicted molar refractivity (Wildman–Crippen MR) is 73.2 cm³/mol. The highest BCUT2D eigenvalue weighted by molar-refractivity contribution is 4.82. The van der Waals surface area contributed by atoms with Crippen LogP contribution in [0.4, 0.5) is 0 Å². The molecule has 3 heteroatoms. The zero-order valence-corrected chi connectivity index (χ0v) is 12.2. The van der Waals surface area contributed by atoms with Crippen LogP contribution in [0.3, 0.4) is 0 Å². The number of nitrogens with zero attached hydrogens (tertiary/aromatic N) is 2. The van der Waals surface area contributed by atoms with Gasteiger partial charge in [-0.15, -0.1) is 0 Å². The lowest BCUT2D eigenvalue weighted by atomic mass is 9.88. The minimum atomic E-state index is -0.239. The molecule has 1 rings (SSSR count). The summed E-state index contributed by atoms with van der Waals surface area (Å²) in [7, 11) is 2.15. The lowest BCUT2D eigenvalue weighted by molar-refractivity contribution is 0.0148. The maximum atomic E-state index is 10.1. The summed E-state index contributed by atoms with van der Waals surface area (Å²) in [6, 6.07) is 0.648. The minimum Gasteiger partial charge on any atom is -0.391 e. The van der Waals surface area contributed by atoms with Crippen molar-refractivity contribution < 1.29 is 5.11 Å². The lowest BCUT2D eigenvalue weighted by Gasteiger charge is -2.38. The van der Waals surface area contributed by atoms with Crippen LogP contribution in [0.5, 0.6) is 0 Å². The Balaban J connectivity index is 2.36. The first-order valence-corrected chi connectivity index (χ1v) is 6.95. The van der Waals surface area contributed by atoms with Crippen LogP contribution in [-0.4, -0.2) is 60.3 Å². The third-order valence-electron chi connectivity index (χ3n) is 4.09. The first kappa shape index (κ1) is 14.9. The zero-order chi connectivity index (χ0) is 13.1. The number of aliphatic hydroxyl groups excluding tert-OH is 1. The second-order valence-corrected chi connectivity index (χ2v) is 6.49. The molecule has 1 N–H and O–H groups in total. The van der Waals surface area contributed by atoms with E-state index in [9.17, 15) is 5.11 Å². The molecule has 1 fully saturated rings. The molecule has 1 saturated heterocycles. The van der Waals surface area contributed by atoms with Crippen LogP contribution in [0.1, 0.15) is 40.5 Å². The Morgan fingerprint density at radius 1 is 1.29 bits per heavy atom. The van der Waals surface area contributed by atoms with E-state index in [0.717, 1.165) is 6.54 Å². The van der Waals surface area contributed by atoms with E-state index in [0.29, 0.717) is 6.04 Å². The molecule has 0 aliphatic carbocycles. The molecular formula is C14H30N2O. The molecule has 0 spiro atoms. The van der Waals surface area contributed by atoms with E-state index in [2.05, 4.69) is 44.5 Å². The molecule has 0 aromatic carbocycles. The summed E-state index contributed by atoms with van der Waals surface area (Å²) in [5.41, 5.74) is -0.0155. The van der Waals surface area contributed by atoms with Crippen molar-refractivity contribution >= 4 is 0 Å². The topological polar surface area (TPSA) is 26.7 Å². The third-order valence-corrected chi connectivity index (χ3v) is 4.09. The molecule has 0 saturated carbocycles. The van der Waals surface area contributed by atoms with E-state index in [4.69, 9.17) is 0 Å². The van der Waals surface area contributed by atoms with E-state index in [1.54, 1.807) is 0 Å². The summed E-state index contributed by atoms with van der Waals surface area (Å²) in [4.78, 5) is 4.85. The van der Waals surface area contributed by atoms with Crippen molar-refractivity contribution in [1.82, 2.24) is 9.80 Å². The van der Waals surface area contributed by atoms with Gasteiger partial charge in [-0.05, 0) is 44.9 Å². The fraction of sp³-hybridized carbons (Fsp3) is 1.00. The largest absolute Gasteiger partial charge is 0.391 e. The number of rotatable bonds is 4. The first-order valence-electron chi connectivity index (χ1n) is 6.95. The molecule has 1 aliphatic rings. The molecule has 17 heavy (non-hydrogen) atoms. The molecule has 0 aromatic rings. The molecule has 3 nitrogen and oxygen atoms in total. The summed E-state index contributed by atoms with van der Waals surface area (Å²) in [6.45, 7) is 12.9. The number of hydrogen-bond donors (Lipinski definition) is 1. The van der Waals surface area contributed by atoms with E-state index in [-0.39, 0.29) is 11.5 Å². The van der Waals surface area contributed by atoms with Gasteiger partial charge in [-0.2, -0.15) is 0 Å². The number of likely N-dealkylation sites (N-methyl/N-ethyl adjacent to an activating group) is 1. The summed E-state index contributed by atoms with van der Waals surface area (Å²) in [5.74, 6) is 0. The van der Waals surface area contributed by atoms with E-state index < -0.39 is 0 Å². The second-order valence-electron chi connectivity index (χ2n) is 6.49. The van der Waals surface area contributed by atoms with Gasteiger partial charge in [0, 0.05) is 12.6 Å². The second kappa shape index (κ2) is 6.17. The van der Waals surface area contributed by atoms with Crippen LogP contribution < -0.4 is 0 Å². The van der Waals surface area contributed by atoms with Crippen molar-refractivity contribution in [2.24, 2.45) is 5.41 Å².